The molecule has 0 aromatic rings. The van der Waals surface area contributed by atoms with Gasteiger partial charge in [0.1, 0.15) is 5.91 Å². The first kappa shape index (κ1) is 9.10. The predicted octanol–water partition coefficient (Wildman–Crippen LogP) is -0.792. The monoisotopic (exact) mass is 149 g/mol. The lowest BCUT2D eigenvalue weighted by atomic mass is 11.3. The number of hydrogen-bond donors (Lipinski definition) is 0. The topological polar surface area (TPSA) is 21.7 Å². The third-order valence-electron chi connectivity index (χ3n) is 1.04. The van der Waals surface area contributed by atoms with Crippen molar-refractivity contribution in [3.63, 3.8) is 0 Å². The van der Waals surface area contributed by atoms with Crippen molar-refractivity contribution in [2.45, 2.75) is 5.91 Å². The van der Waals surface area contributed by atoms with E-state index in [0.29, 0.717) is 0 Å². The van der Waals surface area contributed by atoms with E-state index < -0.39 is 0 Å². The average molecular weight is 149 g/mol. The van der Waals surface area contributed by atoms with Crippen LogP contribution in [0.15, 0.2) is 0 Å². The molecule has 0 aliphatic carbocycles. The lowest BCUT2D eigenvalue weighted by Gasteiger charge is -2.16. The Bertz CT molecular complexity index is 66.0. The largest absolute Gasteiger partial charge is 0.359 e. The molecule has 0 rings (SSSR count). The maximum atomic E-state index is 5.01. The molecule has 0 unspecified atom stereocenters. The van der Waals surface area contributed by atoms with Crippen LogP contribution in [0, 0.1) is 0 Å². The molecule has 0 aromatic carbocycles. The van der Waals surface area contributed by atoms with Gasteiger partial charge >= 0.3 is 0 Å². The van der Waals surface area contributed by atoms with E-state index in [4.69, 9.17) is 9.47 Å². The summed E-state index contributed by atoms with van der Waals surface area (Å²) in [6.07, 6.45) is 0. The fraction of sp³-hybridized carbons (Fsp3) is 1.00. The van der Waals surface area contributed by atoms with Gasteiger partial charge in [-0.05, 0) is 14.1 Å². The van der Waals surface area contributed by atoms with Gasteiger partial charge < -0.3 is 14.0 Å². The van der Waals surface area contributed by atoms with Gasteiger partial charge in [-0.3, -0.25) is 0 Å². The highest BCUT2D eigenvalue weighted by Gasteiger charge is 2.05. The second-order valence-corrected chi connectivity index (χ2v) is 4.46. The summed E-state index contributed by atoms with van der Waals surface area (Å²) in [4.78, 5) is 0. The van der Waals surface area contributed by atoms with E-state index in [1.165, 1.54) is 0 Å². The average Bonchev–Trinajstić information content (AvgIpc) is 1.82. The van der Waals surface area contributed by atoms with Crippen molar-refractivity contribution in [3.05, 3.63) is 0 Å². The highest BCUT2D eigenvalue weighted by Crippen LogP contribution is 1.87. The van der Waals surface area contributed by atoms with E-state index in [-0.39, 0.29) is 15.6 Å². The fourth-order valence-corrected chi connectivity index (χ4v) is 1.44. The molecule has 0 bridgehead atoms. The molecule has 0 amide bonds. The first-order valence-corrected chi connectivity index (χ1v) is 4.36. The number of methoxy groups -OCH3 is 2. The van der Waals surface area contributed by atoms with Gasteiger partial charge in [0.25, 0.3) is 0 Å². The van der Waals surface area contributed by atoms with Crippen LogP contribution < -0.4 is 0 Å². The quantitative estimate of drug-likeness (QED) is 0.386. The zero-order chi connectivity index (χ0) is 7.28. The Hall–Kier alpha value is 0.0969. The third kappa shape index (κ3) is 4.59. The first-order valence-electron chi connectivity index (χ1n) is 2.91. The van der Waals surface area contributed by atoms with Gasteiger partial charge in [0.05, 0.1) is 0 Å². The zero-order valence-corrected chi connectivity index (χ0v) is 7.96. The third-order valence-corrected chi connectivity index (χ3v) is 2.74. The van der Waals surface area contributed by atoms with E-state index in [1.807, 2.05) is 14.1 Å². The van der Waals surface area contributed by atoms with E-state index in [1.54, 1.807) is 14.2 Å². The molecule has 4 heteroatoms. The highest BCUT2D eigenvalue weighted by molar-refractivity contribution is 6.32. The van der Waals surface area contributed by atoms with Gasteiger partial charge in [0.15, 0.2) is 9.68 Å². The minimum Gasteiger partial charge on any atom is -0.359 e. The Kier molecular flexibility index (Phi) is 4.98. The van der Waals surface area contributed by atoms with Crippen LogP contribution in [0.1, 0.15) is 0 Å². The minimum atomic E-state index is -0.351. The van der Waals surface area contributed by atoms with Crippen LogP contribution in [0.5, 0.6) is 0 Å². The highest BCUT2D eigenvalue weighted by atomic mass is 28.2. The minimum absolute atomic E-state index is 0.0417. The van der Waals surface area contributed by atoms with Crippen LogP contribution in [0.4, 0.5) is 0 Å². The van der Waals surface area contributed by atoms with Gasteiger partial charge in [-0.1, -0.05) is 0 Å². The molecule has 0 fully saturated rings. The van der Waals surface area contributed by atoms with E-state index in [9.17, 15) is 0 Å². The van der Waals surface area contributed by atoms with Crippen molar-refractivity contribution in [3.8, 4) is 0 Å². The number of hydrogen-bond acceptors (Lipinski definition) is 3. The van der Waals surface area contributed by atoms with Gasteiger partial charge in [-0.15, -0.1) is 0 Å². The molecule has 56 valence electrons. The van der Waals surface area contributed by atoms with Crippen LogP contribution in [0.2, 0.25) is 0 Å². The molecule has 0 radical (unpaired) electrons. The zero-order valence-electron chi connectivity index (χ0n) is 6.55. The van der Waals surface area contributed by atoms with Crippen LogP contribution in [0.3, 0.4) is 0 Å². The van der Waals surface area contributed by atoms with Crippen molar-refractivity contribution in [1.29, 1.82) is 0 Å². The fourth-order valence-electron chi connectivity index (χ4n) is 0.543. The van der Waals surface area contributed by atoms with Crippen molar-refractivity contribution in [2.24, 2.45) is 0 Å². The first-order chi connectivity index (χ1) is 4.20. The maximum absolute atomic E-state index is 5.01. The summed E-state index contributed by atoms with van der Waals surface area (Å²) in [7, 11) is 7.07. The van der Waals surface area contributed by atoms with Crippen LogP contribution in [-0.4, -0.2) is 48.5 Å². The summed E-state index contributed by atoms with van der Waals surface area (Å²) in [5, 5.41) is 0. The van der Waals surface area contributed by atoms with Crippen LogP contribution in [0.25, 0.3) is 0 Å². The van der Waals surface area contributed by atoms with Gasteiger partial charge in [0, 0.05) is 14.2 Å². The van der Waals surface area contributed by atoms with Gasteiger partial charge in [0.2, 0.25) is 0 Å². The number of ether oxygens (including phenoxy) is 2. The molecule has 0 N–H and O–H groups in total. The van der Waals surface area contributed by atoms with Crippen molar-refractivity contribution in [1.82, 2.24) is 4.57 Å². The molecule has 3 nitrogen and oxygen atoms in total. The Morgan fingerprint density at radius 3 is 1.78 bits per heavy atom. The van der Waals surface area contributed by atoms with Gasteiger partial charge in [-0.25, -0.2) is 0 Å². The molecular weight excluding hydrogens is 134 g/mol. The number of rotatable bonds is 4. The lowest BCUT2D eigenvalue weighted by Crippen LogP contribution is -2.32. The van der Waals surface area contributed by atoms with Crippen LogP contribution in [-0.2, 0) is 9.47 Å². The Morgan fingerprint density at radius 1 is 1.22 bits per heavy atom. The summed E-state index contributed by atoms with van der Waals surface area (Å²) < 4.78 is 12.2. The second kappa shape index (κ2) is 4.93. The molecular formula is C5H15NO2Si. The Labute approximate surface area is 58.8 Å². The molecule has 0 aliphatic heterocycles. The van der Waals surface area contributed by atoms with E-state index in [2.05, 4.69) is 4.57 Å². The normalized spacial score (nSPS) is 12.7. The van der Waals surface area contributed by atoms with Gasteiger partial charge in [-0.2, -0.15) is 0 Å². The van der Waals surface area contributed by atoms with E-state index in [0.717, 1.165) is 0 Å². The van der Waals surface area contributed by atoms with Crippen molar-refractivity contribution < 1.29 is 9.47 Å². The van der Waals surface area contributed by atoms with E-state index >= 15 is 0 Å². The molecule has 0 atom stereocenters. The SMILES string of the molecule is COC(OC)[SiH2]N(C)C. The van der Waals surface area contributed by atoms with Crippen molar-refractivity contribution >= 4 is 9.68 Å². The smallest absolute Gasteiger partial charge is 0.161 e. The molecule has 9 heavy (non-hydrogen) atoms. The summed E-state index contributed by atoms with van der Waals surface area (Å²) in [6.45, 7) is 0. The number of nitrogens with zero attached hydrogens (tertiary/aromatic N) is 1. The standard InChI is InChI=1S/C5H15NO2Si/c1-6(2)9-5(7-3)8-4/h5H,9H2,1-4H3. The second-order valence-electron chi connectivity index (χ2n) is 2.16. The molecule has 0 aliphatic rings. The van der Waals surface area contributed by atoms with Crippen LogP contribution >= 0.6 is 0 Å². The summed E-state index contributed by atoms with van der Waals surface area (Å²) in [5.41, 5.74) is 0. The Morgan fingerprint density at radius 2 is 1.67 bits per heavy atom. The summed E-state index contributed by atoms with van der Waals surface area (Å²) >= 11 is 0. The molecule has 0 saturated heterocycles. The maximum Gasteiger partial charge on any atom is 0.161 e. The molecule has 0 aromatic heterocycles. The summed E-state index contributed by atoms with van der Waals surface area (Å²) in [5.74, 6) is 0.0417. The molecule has 0 heterocycles. The molecule has 0 spiro atoms. The molecule has 0 saturated carbocycles. The summed E-state index contributed by atoms with van der Waals surface area (Å²) in [6, 6.07) is 0. The predicted molar refractivity (Wildman–Crippen MR) is 40.0 cm³/mol. The Balaban J connectivity index is 3.31. The van der Waals surface area contributed by atoms with Crippen molar-refractivity contribution in [2.75, 3.05) is 28.3 Å². The lowest BCUT2D eigenvalue weighted by molar-refractivity contribution is -0.0473.